The topological polar surface area (TPSA) is 88.8 Å². The van der Waals surface area contributed by atoms with Crippen LogP contribution in [-0.4, -0.2) is 41.1 Å². The van der Waals surface area contributed by atoms with Crippen LogP contribution in [0.5, 0.6) is 5.75 Å². The summed E-state index contributed by atoms with van der Waals surface area (Å²) in [6, 6.07) is 14.6. The lowest BCUT2D eigenvalue weighted by Gasteiger charge is -2.22. The molecule has 3 rings (SSSR count). The van der Waals surface area contributed by atoms with Crippen LogP contribution in [0.25, 0.3) is 10.9 Å². The Kier molecular flexibility index (Phi) is 7.87. The van der Waals surface area contributed by atoms with E-state index in [0.29, 0.717) is 41.2 Å². The number of carboxylic acid groups (broad SMARTS) is 1. The maximum atomic E-state index is 13.4. The van der Waals surface area contributed by atoms with E-state index >= 15 is 0 Å². The van der Waals surface area contributed by atoms with E-state index in [-0.39, 0.29) is 18.2 Å². The lowest BCUT2D eigenvalue weighted by Crippen LogP contribution is -2.30. The molecule has 7 heteroatoms. The van der Waals surface area contributed by atoms with Crippen molar-refractivity contribution < 1.29 is 24.2 Å². The summed E-state index contributed by atoms with van der Waals surface area (Å²) in [5.41, 5.74) is 2.66. The molecule has 1 amide bonds. The minimum atomic E-state index is -0.791. The zero-order valence-corrected chi connectivity index (χ0v) is 19.3. The highest BCUT2D eigenvalue weighted by molar-refractivity contribution is 6.11. The molecule has 1 heterocycles. The zero-order valence-electron chi connectivity index (χ0n) is 19.3. The zero-order chi connectivity index (χ0) is 24.0. The summed E-state index contributed by atoms with van der Waals surface area (Å²) < 4.78 is 7.07. The number of aliphatic carboxylic acids is 1. The van der Waals surface area contributed by atoms with E-state index in [0.717, 1.165) is 24.6 Å². The van der Waals surface area contributed by atoms with Gasteiger partial charge in [-0.3, -0.25) is 19.0 Å². The molecule has 0 radical (unpaired) electrons. The predicted octanol–water partition coefficient (Wildman–Crippen LogP) is 5.03. The Hall–Kier alpha value is -3.61. The van der Waals surface area contributed by atoms with Gasteiger partial charge in [0.2, 0.25) is 5.91 Å². The summed E-state index contributed by atoms with van der Waals surface area (Å²) in [5, 5.41) is 9.57. The highest BCUT2D eigenvalue weighted by Crippen LogP contribution is 2.37. The Morgan fingerprint density at radius 3 is 2.33 bits per heavy atom. The molecular weight excluding hydrogens is 420 g/mol. The van der Waals surface area contributed by atoms with Crippen LogP contribution in [-0.2, 0) is 9.59 Å². The van der Waals surface area contributed by atoms with E-state index in [4.69, 9.17) is 9.84 Å². The molecule has 0 aliphatic rings. The van der Waals surface area contributed by atoms with Crippen LogP contribution >= 0.6 is 0 Å². The number of carbonyl (C=O) groups excluding carboxylic acids is 2. The number of carboxylic acids is 1. The van der Waals surface area contributed by atoms with E-state index in [9.17, 15) is 14.4 Å². The summed E-state index contributed by atoms with van der Waals surface area (Å²) in [6.07, 6.45) is 3.13. The number of unbranched alkanes of at least 4 members (excludes halogenated alkanes) is 3. The maximum Gasteiger partial charge on any atom is 0.303 e. The van der Waals surface area contributed by atoms with Gasteiger partial charge in [0.15, 0.2) is 0 Å². The smallest absolute Gasteiger partial charge is 0.303 e. The lowest BCUT2D eigenvalue weighted by molar-refractivity contribution is -0.137. The molecule has 0 bridgehead atoms. The average molecular weight is 451 g/mol. The molecule has 2 aromatic carbocycles. The first-order chi connectivity index (χ1) is 15.8. The Bertz CT molecular complexity index is 1150. The van der Waals surface area contributed by atoms with Crippen LogP contribution in [0.3, 0.4) is 0 Å². The van der Waals surface area contributed by atoms with Gasteiger partial charge in [0.1, 0.15) is 5.75 Å². The molecule has 7 nitrogen and oxygen atoms in total. The molecule has 3 aromatic rings. The third kappa shape index (κ3) is 5.42. The first kappa shape index (κ1) is 24.0. The fourth-order valence-electron chi connectivity index (χ4n) is 4.15. The van der Waals surface area contributed by atoms with Gasteiger partial charge in [-0.25, -0.2) is 0 Å². The van der Waals surface area contributed by atoms with E-state index in [2.05, 4.69) is 0 Å². The minimum Gasteiger partial charge on any atom is -0.497 e. The SMILES string of the molecule is COc1ccc2c(c1)c(N(CCCCCCC(=O)O)C(C)=O)c(C)n2C(=O)c1ccccc1. The van der Waals surface area contributed by atoms with E-state index < -0.39 is 5.97 Å². The number of amides is 1. The molecule has 33 heavy (non-hydrogen) atoms. The monoisotopic (exact) mass is 450 g/mol. The van der Waals surface area contributed by atoms with Gasteiger partial charge in [-0.2, -0.15) is 0 Å². The summed E-state index contributed by atoms with van der Waals surface area (Å²) in [6.45, 7) is 3.86. The van der Waals surface area contributed by atoms with E-state index in [1.807, 2.05) is 37.3 Å². The molecule has 0 spiro atoms. The standard InChI is InChI=1S/C26H30N2O5/c1-18-25(27(19(2)29)16-10-5-4-9-13-24(30)31)22-17-21(33-3)14-15-23(22)28(18)26(32)20-11-7-6-8-12-20/h6-8,11-12,14-15,17H,4-5,9-10,13,16H2,1-3H3,(H,30,31). The van der Waals surface area contributed by atoms with Crippen LogP contribution in [0, 0.1) is 6.92 Å². The van der Waals surface area contributed by atoms with Gasteiger partial charge >= 0.3 is 5.97 Å². The maximum absolute atomic E-state index is 13.4. The van der Waals surface area contributed by atoms with Gasteiger partial charge in [0.05, 0.1) is 18.3 Å². The molecule has 174 valence electrons. The second-order valence-corrected chi connectivity index (χ2v) is 8.05. The summed E-state index contributed by atoms with van der Waals surface area (Å²) in [7, 11) is 1.58. The number of carbonyl (C=O) groups is 3. The number of benzene rings is 2. The summed E-state index contributed by atoms with van der Waals surface area (Å²) in [5.74, 6) is -0.421. The van der Waals surface area contributed by atoms with Crippen molar-refractivity contribution in [2.45, 2.75) is 46.0 Å². The minimum absolute atomic E-state index is 0.113. The molecule has 0 aliphatic carbocycles. The molecule has 1 aromatic heterocycles. The first-order valence-corrected chi connectivity index (χ1v) is 11.1. The van der Waals surface area contributed by atoms with Crippen molar-refractivity contribution in [1.82, 2.24) is 4.57 Å². The molecule has 0 atom stereocenters. The number of rotatable bonds is 10. The third-order valence-corrected chi connectivity index (χ3v) is 5.77. The molecule has 1 N–H and O–H groups in total. The molecule has 0 unspecified atom stereocenters. The van der Waals surface area contributed by atoms with Gasteiger partial charge in [0, 0.05) is 36.5 Å². The van der Waals surface area contributed by atoms with Crippen molar-refractivity contribution >= 4 is 34.4 Å². The van der Waals surface area contributed by atoms with E-state index in [1.165, 1.54) is 6.92 Å². The predicted molar refractivity (Wildman–Crippen MR) is 128 cm³/mol. The first-order valence-electron chi connectivity index (χ1n) is 11.1. The van der Waals surface area contributed by atoms with Gasteiger partial charge in [-0.05, 0) is 50.1 Å². The fourth-order valence-corrected chi connectivity index (χ4v) is 4.15. The number of methoxy groups -OCH3 is 1. The molecule has 0 saturated carbocycles. The molecule has 0 aliphatic heterocycles. The van der Waals surface area contributed by atoms with Crippen molar-refractivity contribution in [3.05, 3.63) is 59.8 Å². The fraction of sp³-hybridized carbons (Fsp3) is 0.346. The molecular formula is C26H30N2O5. The van der Waals surface area contributed by atoms with Crippen molar-refractivity contribution in [3.63, 3.8) is 0 Å². The highest BCUT2D eigenvalue weighted by Gasteiger charge is 2.25. The van der Waals surface area contributed by atoms with Crippen LogP contribution in [0.4, 0.5) is 5.69 Å². The number of ether oxygens (including phenoxy) is 1. The number of anilines is 1. The van der Waals surface area contributed by atoms with Gasteiger partial charge in [-0.1, -0.05) is 31.0 Å². The van der Waals surface area contributed by atoms with Crippen molar-refractivity contribution in [2.75, 3.05) is 18.6 Å². The quantitative estimate of drug-likeness (QED) is 0.438. The summed E-state index contributed by atoms with van der Waals surface area (Å²) >= 11 is 0. The number of nitrogens with zero attached hydrogens (tertiary/aromatic N) is 2. The largest absolute Gasteiger partial charge is 0.497 e. The second kappa shape index (κ2) is 10.8. The molecule has 0 fully saturated rings. The molecule has 0 saturated heterocycles. The average Bonchev–Trinajstić information content (AvgIpc) is 3.09. The van der Waals surface area contributed by atoms with Gasteiger partial charge in [0.25, 0.3) is 5.91 Å². The number of hydrogen-bond acceptors (Lipinski definition) is 4. The third-order valence-electron chi connectivity index (χ3n) is 5.77. The summed E-state index contributed by atoms with van der Waals surface area (Å²) in [4.78, 5) is 38.5. The van der Waals surface area contributed by atoms with Gasteiger partial charge < -0.3 is 14.7 Å². The Morgan fingerprint density at radius 1 is 1.00 bits per heavy atom. The Balaban J connectivity index is 1.99. The van der Waals surface area contributed by atoms with Gasteiger partial charge in [-0.15, -0.1) is 0 Å². The number of aromatic nitrogens is 1. The Labute approximate surface area is 193 Å². The normalized spacial score (nSPS) is 10.9. The van der Waals surface area contributed by atoms with Crippen molar-refractivity contribution in [1.29, 1.82) is 0 Å². The van der Waals surface area contributed by atoms with Crippen molar-refractivity contribution in [2.24, 2.45) is 0 Å². The highest BCUT2D eigenvalue weighted by atomic mass is 16.5. The van der Waals surface area contributed by atoms with Crippen LogP contribution in [0.15, 0.2) is 48.5 Å². The van der Waals surface area contributed by atoms with E-state index in [1.54, 1.807) is 34.8 Å². The number of hydrogen-bond donors (Lipinski definition) is 1. The number of fused-ring (bicyclic) bond motifs is 1. The van der Waals surface area contributed by atoms with Crippen LogP contribution in [0.2, 0.25) is 0 Å². The van der Waals surface area contributed by atoms with Crippen LogP contribution in [0.1, 0.15) is 55.1 Å². The lowest BCUT2D eigenvalue weighted by atomic mass is 10.1. The van der Waals surface area contributed by atoms with Crippen molar-refractivity contribution in [3.8, 4) is 5.75 Å². The Morgan fingerprint density at radius 2 is 1.70 bits per heavy atom. The second-order valence-electron chi connectivity index (χ2n) is 8.05. The van der Waals surface area contributed by atoms with Crippen LogP contribution < -0.4 is 9.64 Å².